The quantitative estimate of drug-likeness (QED) is 0.407. The summed E-state index contributed by atoms with van der Waals surface area (Å²) in [4.78, 5) is 26.0. The number of nitrogens with one attached hydrogen (secondary N) is 1. The van der Waals surface area contributed by atoms with Gasteiger partial charge in [-0.15, -0.1) is 11.8 Å². The normalized spacial score (nSPS) is 22.5. The van der Waals surface area contributed by atoms with Gasteiger partial charge in [-0.1, -0.05) is 27.7 Å². The zero-order chi connectivity index (χ0) is 26.3. The molecule has 1 aromatic carbocycles. The Morgan fingerprint density at radius 1 is 1.34 bits per heavy atom. The SMILES string of the molecule is CCCSc1cc(F)cc(C[C@H](NC(C)=O)[C@H](O)[C@H]2CO[C@@H](OCC(C)(C)C)[C@H](C)N2C(=O)O)c1. The Bertz CT molecular complexity index is 865. The maximum Gasteiger partial charge on any atom is 0.408 e. The number of amides is 2. The van der Waals surface area contributed by atoms with Crippen molar-refractivity contribution >= 4 is 23.8 Å². The molecule has 0 saturated carbocycles. The Morgan fingerprint density at radius 2 is 2.03 bits per heavy atom. The van der Waals surface area contributed by atoms with Gasteiger partial charge in [-0.2, -0.15) is 0 Å². The van der Waals surface area contributed by atoms with E-state index in [4.69, 9.17) is 9.47 Å². The summed E-state index contributed by atoms with van der Waals surface area (Å²) >= 11 is 1.53. The van der Waals surface area contributed by atoms with E-state index in [9.17, 15) is 24.2 Å². The molecule has 5 atom stereocenters. The van der Waals surface area contributed by atoms with Gasteiger partial charge >= 0.3 is 6.09 Å². The van der Waals surface area contributed by atoms with Crippen LogP contribution in [0.1, 0.15) is 53.5 Å². The van der Waals surface area contributed by atoms with Crippen LogP contribution >= 0.6 is 11.8 Å². The highest BCUT2D eigenvalue weighted by atomic mass is 32.2. The molecule has 0 bridgehead atoms. The standard InChI is InChI=1S/C25H39FN2O6S/c1-7-8-35-19-10-17(9-18(26)12-19)11-20(27-16(3)29)22(30)21-13-33-23(34-14-25(4,5)6)15(2)28(21)24(31)32/h9-10,12,15,20-23,30H,7-8,11,13-14H2,1-6H3,(H,27,29)(H,31,32)/t15-,20-,21+,22-,23-/m0/s1. The number of benzene rings is 1. The van der Waals surface area contributed by atoms with E-state index in [0.29, 0.717) is 12.2 Å². The zero-order valence-electron chi connectivity index (χ0n) is 21.4. The second-order valence-corrected chi connectivity index (χ2v) is 11.4. The van der Waals surface area contributed by atoms with E-state index in [1.165, 1.54) is 30.8 Å². The van der Waals surface area contributed by atoms with Crippen LogP contribution in [0, 0.1) is 11.2 Å². The summed E-state index contributed by atoms with van der Waals surface area (Å²) in [5.41, 5.74) is 0.461. The van der Waals surface area contributed by atoms with Gasteiger partial charge < -0.3 is 25.0 Å². The average molecular weight is 515 g/mol. The molecule has 0 radical (unpaired) electrons. The fourth-order valence-electron chi connectivity index (χ4n) is 4.03. The Hall–Kier alpha value is -1.88. The van der Waals surface area contributed by atoms with Crippen molar-refractivity contribution in [2.24, 2.45) is 5.41 Å². The molecule has 0 unspecified atom stereocenters. The number of hydrogen-bond donors (Lipinski definition) is 3. The lowest BCUT2D eigenvalue weighted by Crippen LogP contribution is -2.65. The molecule has 1 aliphatic rings. The largest absolute Gasteiger partial charge is 0.465 e. The summed E-state index contributed by atoms with van der Waals surface area (Å²) in [5, 5.41) is 23.9. The number of thioether (sulfide) groups is 1. The fraction of sp³-hybridized carbons (Fsp3) is 0.680. The van der Waals surface area contributed by atoms with Gasteiger partial charge in [0.1, 0.15) is 5.82 Å². The molecule has 1 heterocycles. The predicted octanol–water partition coefficient (Wildman–Crippen LogP) is 3.89. The molecule has 10 heteroatoms. The third kappa shape index (κ3) is 8.93. The molecule has 2 amide bonds. The van der Waals surface area contributed by atoms with E-state index in [1.807, 2.05) is 33.8 Å². The van der Waals surface area contributed by atoms with Gasteiger partial charge in [-0.25, -0.2) is 9.18 Å². The number of morpholine rings is 1. The Balaban J connectivity index is 2.25. The fourth-order valence-corrected chi connectivity index (χ4v) is 4.90. The van der Waals surface area contributed by atoms with Gasteiger partial charge in [-0.05, 0) is 54.7 Å². The minimum absolute atomic E-state index is 0.108. The third-order valence-electron chi connectivity index (χ3n) is 5.58. The van der Waals surface area contributed by atoms with E-state index in [1.54, 1.807) is 6.92 Å². The lowest BCUT2D eigenvalue weighted by Gasteiger charge is -2.46. The van der Waals surface area contributed by atoms with Crippen LogP contribution in [0.15, 0.2) is 23.1 Å². The summed E-state index contributed by atoms with van der Waals surface area (Å²) < 4.78 is 25.9. The van der Waals surface area contributed by atoms with Crippen molar-refractivity contribution in [3.8, 4) is 0 Å². The average Bonchev–Trinajstić information content (AvgIpc) is 2.74. The number of carbonyl (C=O) groups excluding carboxylic acids is 1. The van der Waals surface area contributed by atoms with Crippen molar-refractivity contribution in [2.75, 3.05) is 19.0 Å². The van der Waals surface area contributed by atoms with Crippen molar-refractivity contribution < 1.29 is 33.7 Å². The number of rotatable bonds is 10. The van der Waals surface area contributed by atoms with Gasteiger partial charge in [-0.3, -0.25) is 9.69 Å². The molecule has 0 aliphatic carbocycles. The molecule has 0 aromatic heterocycles. The van der Waals surface area contributed by atoms with Crippen molar-refractivity contribution in [3.05, 3.63) is 29.6 Å². The zero-order valence-corrected chi connectivity index (χ0v) is 22.2. The first-order valence-electron chi connectivity index (χ1n) is 11.9. The van der Waals surface area contributed by atoms with Crippen LogP contribution in [0.25, 0.3) is 0 Å². The predicted molar refractivity (Wildman–Crippen MR) is 133 cm³/mol. The van der Waals surface area contributed by atoms with E-state index in [-0.39, 0.29) is 24.3 Å². The maximum absolute atomic E-state index is 14.3. The summed E-state index contributed by atoms with van der Waals surface area (Å²) in [6.45, 7) is 11.3. The highest BCUT2D eigenvalue weighted by Crippen LogP contribution is 2.27. The lowest BCUT2D eigenvalue weighted by molar-refractivity contribution is -0.231. The smallest absolute Gasteiger partial charge is 0.408 e. The van der Waals surface area contributed by atoms with E-state index in [0.717, 1.165) is 22.0 Å². The van der Waals surface area contributed by atoms with Gasteiger partial charge in [0.05, 0.1) is 37.4 Å². The molecule has 198 valence electrons. The first-order chi connectivity index (χ1) is 16.3. The number of carbonyl (C=O) groups is 2. The number of aliphatic hydroxyl groups is 1. The van der Waals surface area contributed by atoms with Crippen LogP contribution in [0.5, 0.6) is 0 Å². The molecule has 2 rings (SSSR count). The molecule has 3 N–H and O–H groups in total. The van der Waals surface area contributed by atoms with Gasteiger partial charge in [0, 0.05) is 11.8 Å². The first-order valence-corrected chi connectivity index (χ1v) is 12.9. The number of nitrogens with zero attached hydrogens (tertiary/aromatic N) is 1. The van der Waals surface area contributed by atoms with E-state index >= 15 is 0 Å². The first kappa shape index (κ1) is 29.4. The second-order valence-electron chi connectivity index (χ2n) is 10.2. The Labute approximate surface area is 211 Å². The van der Waals surface area contributed by atoms with Crippen LogP contribution in [-0.4, -0.2) is 76.6 Å². The van der Waals surface area contributed by atoms with Crippen LogP contribution in [-0.2, 0) is 20.7 Å². The molecule has 0 spiro atoms. The summed E-state index contributed by atoms with van der Waals surface area (Å²) in [5.74, 6) is 0.0473. The number of aliphatic hydroxyl groups excluding tert-OH is 1. The van der Waals surface area contributed by atoms with Crippen LogP contribution in [0.4, 0.5) is 9.18 Å². The lowest BCUT2D eigenvalue weighted by atomic mass is 9.94. The summed E-state index contributed by atoms with van der Waals surface area (Å²) in [7, 11) is 0. The van der Waals surface area contributed by atoms with Crippen molar-refractivity contribution in [1.82, 2.24) is 10.2 Å². The van der Waals surface area contributed by atoms with E-state index in [2.05, 4.69) is 5.32 Å². The minimum Gasteiger partial charge on any atom is -0.465 e. The van der Waals surface area contributed by atoms with E-state index < -0.39 is 42.4 Å². The van der Waals surface area contributed by atoms with Crippen molar-refractivity contribution in [1.29, 1.82) is 0 Å². The monoisotopic (exact) mass is 514 g/mol. The highest BCUT2D eigenvalue weighted by molar-refractivity contribution is 7.99. The third-order valence-corrected chi connectivity index (χ3v) is 6.76. The number of hydrogen-bond acceptors (Lipinski definition) is 6. The maximum atomic E-state index is 14.3. The van der Waals surface area contributed by atoms with Crippen molar-refractivity contribution in [3.63, 3.8) is 0 Å². The highest BCUT2D eigenvalue weighted by Gasteiger charge is 2.44. The van der Waals surface area contributed by atoms with Crippen LogP contribution < -0.4 is 5.32 Å². The van der Waals surface area contributed by atoms with Gasteiger partial charge in [0.15, 0.2) is 6.29 Å². The summed E-state index contributed by atoms with van der Waals surface area (Å²) in [6.07, 6.45) is -2.24. The van der Waals surface area contributed by atoms with Crippen molar-refractivity contribution in [2.45, 2.75) is 89.8 Å². The molecule has 1 fully saturated rings. The van der Waals surface area contributed by atoms with Crippen LogP contribution in [0.2, 0.25) is 0 Å². The number of ether oxygens (including phenoxy) is 2. The minimum atomic E-state index is -1.30. The van der Waals surface area contributed by atoms with Gasteiger partial charge in [0.2, 0.25) is 5.91 Å². The molecular weight excluding hydrogens is 475 g/mol. The number of carboxylic acid groups (broad SMARTS) is 1. The van der Waals surface area contributed by atoms with Crippen LogP contribution in [0.3, 0.4) is 0 Å². The topological polar surface area (TPSA) is 108 Å². The second kappa shape index (κ2) is 12.9. The molecule has 1 aromatic rings. The molecule has 8 nitrogen and oxygen atoms in total. The van der Waals surface area contributed by atoms with Gasteiger partial charge in [0.25, 0.3) is 0 Å². The summed E-state index contributed by atoms with van der Waals surface area (Å²) in [6, 6.07) is 2.16. The number of halogens is 1. The molecule has 1 saturated heterocycles. The molecular formula is C25H39FN2O6S. The molecule has 35 heavy (non-hydrogen) atoms. The Morgan fingerprint density at radius 3 is 2.60 bits per heavy atom. The Kier molecular flexibility index (Phi) is 10.8. The molecule has 1 aliphatic heterocycles.